The van der Waals surface area contributed by atoms with E-state index in [1.807, 2.05) is 12.1 Å². The molecule has 1 saturated heterocycles. The van der Waals surface area contributed by atoms with Gasteiger partial charge in [-0.05, 0) is 37.8 Å². The van der Waals surface area contributed by atoms with E-state index in [9.17, 15) is 4.39 Å². The molecule has 0 aromatic heterocycles. The second kappa shape index (κ2) is 3.95. The minimum atomic E-state index is -0.0880. The van der Waals surface area contributed by atoms with E-state index >= 15 is 0 Å². The molecule has 1 aromatic rings. The summed E-state index contributed by atoms with van der Waals surface area (Å²) in [7, 11) is 0. The van der Waals surface area contributed by atoms with E-state index in [2.05, 4.69) is 24.8 Å². The molecule has 0 amide bonds. The van der Waals surface area contributed by atoms with Gasteiger partial charge in [0.1, 0.15) is 5.82 Å². The van der Waals surface area contributed by atoms with Crippen LogP contribution in [0.5, 0.6) is 0 Å². The number of nitrogens with zero attached hydrogens (tertiary/aromatic N) is 1. The number of benzene rings is 1. The van der Waals surface area contributed by atoms with Crippen LogP contribution in [0, 0.1) is 11.7 Å². The smallest absolute Gasteiger partial charge is 0.130 e. The SMILES string of the molecule is CC(C)N1C[C@@H]2C=C(c3ccccc3F)[C@H]1C2. The van der Waals surface area contributed by atoms with Gasteiger partial charge >= 0.3 is 0 Å². The Labute approximate surface area is 102 Å². The van der Waals surface area contributed by atoms with Crippen molar-refractivity contribution in [3.05, 3.63) is 41.7 Å². The van der Waals surface area contributed by atoms with Crippen LogP contribution in [0.2, 0.25) is 0 Å². The van der Waals surface area contributed by atoms with Gasteiger partial charge in [0.15, 0.2) is 0 Å². The maximum Gasteiger partial charge on any atom is 0.130 e. The molecular formula is C15H18FN. The molecule has 17 heavy (non-hydrogen) atoms. The van der Waals surface area contributed by atoms with Gasteiger partial charge in [-0.25, -0.2) is 4.39 Å². The van der Waals surface area contributed by atoms with Crippen LogP contribution in [0.1, 0.15) is 25.8 Å². The molecule has 0 spiro atoms. The van der Waals surface area contributed by atoms with Crippen molar-refractivity contribution in [2.75, 3.05) is 6.54 Å². The second-order valence-corrected chi connectivity index (χ2v) is 5.40. The molecule has 1 heterocycles. The predicted molar refractivity (Wildman–Crippen MR) is 68.1 cm³/mol. The highest BCUT2D eigenvalue weighted by atomic mass is 19.1. The molecule has 2 atom stereocenters. The van der Waals surface area contributed by atoms with Crippen molar-refractivity contribution in [1.82, 2.24) is 4.90 Å². The maximum atomic E-state index is 13.8. The number of likely N-dealkylation sites (tertiary alicyclic amines) is 1. The Morgan fingerprint density at radius 2 is 2.06 bits per heavy atom. The van der Waals surface area contributed by atoms with E-state index < -0.39 is 0 Å². The summed E-state index contributed by atoms with van der Waals surface area (Å²) in [5, 5.41) is 0. The van der Waals surface area contributed by atoms with Gasteiger partial charge in [0.05, 0.1) is 0 Å². The third kappa shape index (κ3) is 1.71. The minimum Gasteiger partial charge on any atom is -0.293 e. The fourth-order valence-electron chi connectivity index (χ4n) is 3.22. The van der Waals surface area contributed by atoms with Crippen molar-refractivity contribution in [1.29, 1.82) is 0 Å². The number of fused-ring (bicyclic) bond motifs is 2. The van der Waals surface area contributed by atoms with Crippen molar-refractivity contribution >= 4 is 5.57 Å². The molecule has 1 fully saturated rings. The van der Waals surface area contributed by atoms with Crippen LogP contribution < -0.4 is 0 Å². The fourth-order valence-corrected chi connectivity index (χ4v) is 3.22. The van der Waals surface area contributed by atoms with Gasteiger partial charge in [-0.2, -0.15) is 0 Å². The van der Waals surface area contributed by atoms with E-state index in [1.54, 1.807) is 12.1 Å². The first-order valence-electron chi connectivity index (χ1n) is 6.39. The van der Waals surface area contributed by atoms with Crippen molar-refractivity contribution < 1.29 is 4.39 Å². The molecular weight excluding hydrogens is 213 g/mol. The normalized spacial score (nSPS) is 27.9. The minimum absolute atomic E-state index is 0.0880. The lowest BCUT2D eigenvalue weighted by Crippen LogP contribution is -2.37. The molecule has 0 unspecified atom stereocenters. The van der Waals surface area contributed by atoms with E-state index in [0.717, 1.165) is 12.1 Å². The van der Waals surface area contributed by atoms with Gasteiger partial charge in [0, 0.05) is 24.2 Å². The van der Waals surface area contributed by atoms with Gasteiger partial charge < -0.3 is 0 Å². The maximum absolute atomic E-state index is 13.8. The van der Waals surface area contributed by atoms with Gasteiger partial charge in [-0.15, -0.1) is 0 Å². The summed E-state index contributed by atoms with van der Waals surface area (Å²) in [6.45, 7) is 5.58. The molecule has 0 N–H and O–H groups in total. The summed E-state index contributed by atoms with van der Waals surface area (Å²) in [6, 6.07) is 8.11. The molecule has 2 heteroatoms. The molecule has 3 rings (SSSR count). The van der Waals surface area contributed by atoms with Crippen LogP contribution in [0.3, 0.4) is 0 Å². The average molecular weight is 231 g/mol. The van der Waals surface area contributed by atoms with Crippen molar-refractivity contribution in [3.8, 4) is 0 Å². The number of hydrogen-bond donors (Lipinski definition) is 0. The first-order chi connectivity index (χ1) is 8.16. The first kappa shape index (κ1) is 11.0. The zero-order valence-electron chi connectivity index (χ0n) is 10.4. The molecule has 0 saturated carbocycles. The quantitative estimate of drug-likeness (QED) is 0.754. The van der Waals surface area contributed by atoms with Crippen molar-refractivity contribution in [2.24, 2.45) is 5.92 Å². The summed E-state index contributed by atoms with van der Waals surface area (Å²) in [5.74, 6) is 0.534. The Hall–Kier alpha value is -1.15. The van der Waals surface area contributed by atoms with Crippen LogP contribution in [-0.2, 0) is 0 Å². The topological polar surface area (TPSA) is 3.24 Å². The third-order valence-electron chi connectivity index (χ3n) is 3.99. The van der Waals surface area contributed by atoms with Crippen LogP contribution in [-0.4, -0.2) is 23.5 Å². The number of halogens is 1. The Morgan fingerprint density at radius 3 is 2.71 bits per heavy atom. The summed E-state index contributed by atoms with van der Waals surface area (Å²) >= 11 is 0. The Morgan fingerprint density at radius 1 is 1.29 bits per heavy atom. The molecule has 1 aromatic carbocycles. The molecule has 2 aliphatic rings. The highest BCUT2D eigenvalue weighted by molar-refractivity contribution is 5.73. The summed E-state index contributed by atoms with van der Waals surface area (Å²) in [4.78, 5) is 2.49. The van der Waals surface area contributed by atoms with E-state index in [0.29, 0.717) is 18.0 Å². The van der Waals surface area contributed by atoms with Gasteiger partial charge in [0.2, 0.25) is 0 Å². The zero-order chi connectivity index (χ0) is 12.0. The predicted octanol–water partition coefficient (Wildman–Crippen LogP) is 3.32. The summed E-state index contributed by atoms with van der Waals surface area (Å²) < 4.78 is 13.8. The summed E-state index contributed by atoms with van der Waals surface area (Å²) in [6.07, 6.45) is 3.45. The lowest BCUT2D eigenvalue weighted by atomic mass is 9.99. The van der Waals surface area contributed by atoms with Gasteiger partial charge in [-0.3, -0.25) is 4.90 Å². The van der Waals surface area contributed by atoms with Crippen molar-refractivity contribution in [3.63, 3.8) is 0 Å². The van der Waals surface area contributed by atoms with Crippen LogP contribution >= 0.6 is 0 Å². The number of hydrogen-bond acceptors (Lipinski definition) is 1. The largest absolute Gasteiger partial charge is 0.293 e. The Balaban J connectivity index is 1.96. The molecule has 0 radical (unpaired) electrons. The van der Waals surface area contributed by atoms with E-state index in [1.165, 1.54) is 12.0 Å². The highest BCUT2D eigenvalue weighted by Gasteiger charge is 2.40. The molecule has 2 bridgehead atoms. The molecule has 1 nitrogen and oxygen atoms in total. The second-order valence-electron chi connectivity index (χ2n) is 5.40. The monoisotopic (exact) mass is 231 g/mol. The van der Waals surface area contributed by atoms with Gasteiger partial charge in [0.25, 0.3) is 0 Å². The molecule has 1 aliphatic carbocycles. The highest BCUT2D eigenvalue weighted by Crippen LogP contribution is 2.43. The van der Waals surface area contributed by atoms with E-state index in [-0.39, 0.29) is 5.82 Å². The van der Waals surface area contributed by atoms with Crippen LogP contribution in [0.25, 0.3) is 5.57 Å². The lowest BCUT2D eigenvalue weighted by Gasteiger charge is -2.31. The van der Waals surface area contributed by atoms with E-state index in [4.69, 9.17) is 0 Å². The molecule has 90 valence electrons. The third-order valence-corrected chi connectivity index (χ3v) is 3.99. The lowest BCUT2D eigenvalue weighted by molar-refractivity contribution is 0.231. The fraction of sp³-hybridized carbons (Fsp3) is 0.467. The van der Waals surface area contributed by atoms with Crippen LogP contribution in [0.4, 0.5) is 4.39 Å². The van der Waals surface area contributed by atoms with Crippen LogP contribution in [0.15, 0.2) is 30.3 Å². The summed E-state index contributed by atoms with van der Waals surface area (Å²) in [5.41, 5.74) is 2.00. The average Bonchev–Trinajstić information content (AvgIpc) is 2.88. The van der Waals surface area contributed by atoms with Crippen molar-refractivity contribution in [2.45, 2.75) is 32.4 Å². The Kier molecular flexibility index (Phi) is 2.55. The molecule has 1 aliphatic heterocycles. The first-order valence-corrected chi connectivity index (χ1v) is 6.39. The number of rotatable bonds is 2. The zero-order valence-corrected chi connectivity index (χ0v) is 10.4. The standard InChI is InChI=1S/C15H18FN/c1-10(2)17-9-11-7-13(15(17)8-11)12-5-3-4-6-14(12)16/h3-7,10-11,15H,8-9H2,1-2H3/t11-,15-/m1/s1. The Bertz CT molecular complexity index is 464. The van der Waals surface area contributed by atoms with Gasteiger partial charge in [-0.1, -0.05) is 24.3 Å².